The fourth-order valence-electron chi connectivity index (χ4n) is 2.39. The van der Waals surface area contributed by atoms with Gasteiger partial charge in [0.15, 0.2) is 0 Å². The number of nitrogens with zero attached hydrogens (tertiary/aromatic N) is 1. The molecule has 1 aliphatic rings. The molecule has 0 bridgehead atoms. The summed E-state index contributed by atoms with van der Waals surface area (Å²) in [5, 5.41) is 3.98. The quantitative estimate of drug-likeness (QED) is 0.903. The first-order chi connectivity index (χ1) is 9.52. The zero-order valence-electron chi connectivity index (χ0n) is 11.6. The maximum absolute atomic E-state index is 12.3. The molecule has 1 N–H and O–H groups in total. The first-order valence-corrected chi connectivity index (χ1v) is 8.75. The minimum atomic E-state index is -0.913. The van der Waals surface area contributed by atoms with Crippen molar-refractivity contribution in [3.63, 3.8) is 0 Å². The van der Waals surface area contributed by atoms with Gasteiger partial charge in [-0.3, -0.25) is 14.3 Å². The lowest BCUT2D eigenvalue weighted by Gasteiger charge is -2.24. The van der Waals surface area contributed by atoms with Crippen LogP contribution in [-0.2, 0) is 15.6 Å². The molecule has 0 radical (unpaired) electrons. The number of hydrogen-bond acceptors (Lipinski definition) is 3. The summed E-state index contributed by atoms with van der Waals surface area (Å²) in [6.07, 6.45) is 2.20. The second-order valence-corrected chi connectivity index (χ2v) is 6.89. The van der Waals surface area contributed by atoms with E-state index in [1.54, 1.807) is 11.2 Å². The van der Waals surface area contributed by atoms with Crippen LogP contribution in [0.1, 0.15) is 25.1 Å². The van der Waals surface area contributed by atoms with Crippen LogP contribution in [0.2, 0.25) is 5.02 Å². The second-order valence-electron chi connectivity index (χ2n) is 4.89. The van der Waals surface area contributed by atoms with Gasteiger partial charge in [-0.2, -0.15) is 0 Å². The van der Waals surface area contributed by atoms with Crippen LogP contribution >= 0.6 is 11.6 Å². The molecule has 1 aliphatic heterocycles. The summed E-state index contributed by atoms with van der Waals surface area (Å²) in [5.74, 6) is 0.559. The van der Waals surface area contributed by atoms with E-state index in [1.165, 1.54) is 0 Å². The van der Waals surface area contributed by atoms with Crippen molar-refractivity contribution in [3.05, 3.63) is 34.9 Å². The van der Waals surface area contributed by atoms with E-state index in [0.717, 1.165) is 12.0 Å². The van der Waals surface area contributed by atoms with Gasteiger partial charge in [0.05, 0.1) is 6.04 Å². The minimum Gasteiger partial charge on any atom is -0.321 e. The number of nitrogens with one attached hydrogen (secondary N) is 1. The predicted molar refractivity (Wildman–Crippen MR) is 82.1 cm³/mol. The number of carbonyl (C=O) groups excluding carboxylic acids is 1. The van der Waals surface area contributed by atoms with Gasteiger partial charge < -0.3 is 4.90 Å². The zero-order chi connectivity index (χ0) is 14.7. The van der Waals surface area contributed by atoms with E-state index in [9.17, 15) is 9.00 Å². The molecular weight excluding hydrogens is 296 g/mol. The first-order valence-electron chi connectivity index (χ1n) is 6.65. The monoisotopic (exact) mass is 314 g/mol. The zero-order valence-corrected chi connectivity index (χ0v) is 13.2. The maximum Gasteiger partial charge on any atom is 0.241 e. The molecule has 6 heteroatoms. The molecule has 2 rings (SSSR count). The van der Waals surface area contributed by atoms with Crippen molar-refractivity contribution in [3.8, 4) is 0 Å². The number of halogens is 1. The second kappa shape index (κ2) is 6.70. The van der Waals surface area contributed by atoms with E-state index >= 15 is 0 Å². The molecule has 1 fully saturated rings. The Bertz CT molecular complexity index is 524. The molecule has 3 atom stereocenters. The highest BCUT2D eigenvalue weighted by Gasteiger charge is 2.38. The Balaban J connectivity index is 2.23. The van der Waals surface area contributed by atoms with Crippen LogP contribution in [-0.4, -0.2) is 39.6 Å². The van der Waals surface area contributed by atoms with Crippen LogP contribution < -0.4 is 5.32 Å². The van der Waals surface area contributed by atoms with Crippen LogP contribution in [0.5, 0.6) is 0 Å². The van der Waals surface area contributed by atoms with Crippen molar-refractivity contribution in [1.82, 2.24) is 10.2 Å². The Labute approximate surface area is 126 Å². The van der Waals surface area contributed by atoms with Gasteiger partial charge in [0, 0.05) is 34.4 Å². The van der Waals surface area contributed by atoms with Gasteiger partial charge in [-0.25, -0.2) is 0 Å². The molecule has 0 saturated carbocycles. The summed E-state index contributed by atoms with van der Waals surface area (Å²) in [4.78, 5) is 14.1. The molecule has 0 aromatic heterocycles. The molecule has 3 unspecified atom stereocenters. The van der Waals surface area contributed by atoms with Crippen LogP contribution in [0, 0.1) is 0 Å². The molecule has 110 valence electrons. The standard InChI is InChI=1S/C14H19ClN2O2S/c1-3-12-14(18)17(7-8-20(2)19)13(16-12)10-5-4-6-11(15)9-10/h4-6,9,12-13,16H,3,7-8H2,1-2H3. The van der Waals surface area contributed by atoms with Gasteiger partial charge in [0.1, 0.15) is 6.17 Å². The Morgan fingerprint density at radius 2 is 2.20 bits per heavy atom. The normalized spacial score (nSPS) is 24.1. The molecule has 1 saturated heterocycles. The molecule has 1 aromatic carbocycles. The van der Waals surface area contributed by atoms with Crippen LogP contribution in [0.4, 0.5) is 0 Å². The molecule has 0 spiro atoms. The van der Waals surface area contributed by atoms with E-state index in [0.29, 0.717) is 17.3 Å². The van der Waals surface area contributed by atoms with Crippen molar-refractivity contribution in [2.45, 2.75) is 25.6 Å². The van der Waals surface area contributed by atoms with E-state index in [1.807, 2.05) is 31.2 Å². The van der Waals surface area contributed by atoms with Crippen molar-refractivity contribution in [2.75, 3.05) is 18.6 Å². The van der Waals surface area contributed by atoms with Gasteiger partial charge in [0.2, 0.25) is 5.91 Å². The third kappa shape index (κ3) is 3.40. The Morgan fingerprint density at radius 1 is 1.45 bits per heavy atom. The highest BCUT2D eigenvalue weighted by atomic mass is 35.5. The summed E-state index contributed by atoms with van der Waals surface area (Å²) < 4.78 is 11.3. The lowest BCUT2D eigenvalue weighted by Crippen LogP contribution is -2.34. The Kier molecular flexibility index (Phi) is 5.18. The van der Waals surface area contributed by atoms with Gasteiger partial charge in [0.25, 0.3) is 0 Å². The fraction of sp³-hybridized carbons (Fsp3) is 0.500. The lowest BCUT2D eigenvalue weighted by molar-refractivity contribution is -0.129. The largest absolute Gasteiger partial charge is 0.321 e. The van der Waals surface area contributed by atoms with E-state index in [2.05, 4.69) is 5.32 Å². The predicted octanol–water partition coefficient (Wildman–Crippen LogP) is 1.93. The number of rotatable bonds is 5. The number of hydrogen-bond donors (Lipinski definition) is 1. The van der Waals surface area contributed by atoms with Gasteiger partial charge >= 0.3 is 0 Å². The molecular formula is C14H19ClN2O2S. The third-order valence-electron chi connectivity index (χ3n) is 3.44. The van der Waals surface area contributed by atoms with Crippen molar-refractivity contribution in [1.29, 1.82) is 0 Å². The summed E-state index contributed by atoms with van der Waals surface area (Å²) in [6, 6.07) is 7.32. The number of benzene rings is 1. The fourth-order valence-corrected chi connectivity index (χ4v) is 3.04. The average molecular weight is 315 g/mol. The molecule has 4 nitrogen and oxygen atoms in total. The summed E-state index contributed by atoms with van der Waals surface area (Å²) >= 11 is 6.03. The average Bonchev–Trinajstić information content (AvgIpc) is 2.73. The Hall–Kier alpha value is -0.910. The maximum atomic E-state index is 12.3. The molecule has 1 heterocycles. The van der Waals surface area contributed by atoms with Crippen molar-refractivity contribution in [2.24, 2.45) is 0 Å². The van der Waals surface area contributed by atoms with Gasteiger partial charge in [-0.1, -0.05) is 30.7 Å². The highest BCUT2D eigenvalue weighted by molar-refractivity contribution is 7.84. The Morgan fingerprint density at radius 3 is 2.80 bits per heavy atom. The number of carbonyl (C=O) groups is 1. The lowest BCUT2D eigenvalue weighted by atomic mass is 10.1. The summed E-state index contributed by atoms with van der Waals surface area (Å²) in [6.45, 7) is 2.47. The molecule has 1 amide bonds. The molecule has 0 aliphatic carbocycles. The summed E-state index contributed by atoms with van der Waals surface area (Å²) in [5.41, 5.74) is 0.962. The SMILES string of the molecule is CCC1NC(c2cccc(Cl)c2)N(CCS(C)=O)C1=O. The third-order valence-corrected chi connectivity index (χ3v) is 4.44. The van der Waals surface area contributed by atoms with Crippen LogP contribution in [0.3, 0.4) is 0 Å². The van der Waals surface area contributed by atoms with Crippen molar-refractivity contribution < 1.29 is 9.00 Å². The first kappa shape index (κ1) is 15.5. The van der Waals surface area contributed by atoms with Crippen LogP contribution in [0.15, 0.2) is 24.3 Å². The topological polar surface area (TPSA) is 49.4 Å². The minimum absolute atomic E-state index is 0.0722. The van der Waals surface area contributed by atoms with E-state index < -0.39 is 10.8 Å². The smallest absolute Gasteiger partial charge is 0.241 e. The van der Waals surface area contributed by atoms with Gasteiger partial charge in [-0.15, -0.1) is 0 Å². The van der Waals surface area contributed by atoms with Crippen LogP contribution in [0.25, 0.3) is 0 Å². The van der Waals surface area contributed by atoms with E-state index in [-0.39, 0.29) is 18.1 Å². The highest BCUT2D eigenvalue weighted by Crippen LogP contribution is 2.27. The van der Waals surface area contributed by atoms with Gasteiger partial charge in [-0.05, 0) is 24.1 Å². The van der Waals surface area contributed by atoms with Crippen molar-refractivity contribution >= 4 is 28.3 Å². The van der Waals surface area contributed by atoms with E-state index in [4.69, 9.17) is 11.6 Å². The number of amides is 1. The molecule has 1 aromatic rings. The molecule has 20 heavy (non-hydrogen) atoms. The summed E-state index contributed by atoms with van der Waals surface area (Å²) in [7, 11) is -0.913.